The number of carbonyl (C=O) groups excluding carboxylic acids is 2. The first-order chi connectivity index (χ1) is 15.2. The molecule has 0 aliphatic carbocycles. The summed E-state index contributed by atoms with van der Waals surface area (Å²) >= 11 is 0. The van der Waals surface area contributed by atoms with E-state index in [0.717, 1.165) is 18.4 Å². The van der Waals surface area contributed by atoms with Crippen molar-refractivity contribution in [1.29, 1.82) is 0 Å². The zero-order chi connectivity index (χ0) is 25.3. The third kappa shape index (κ3) is 8.44. The monoisotopic (exact) mass is 460 g/mol. The van der Waals surface area contributed by atoms with Crippen LogP contribution in [-0.4, -0.2) is 11.9 Å². The molecule has 0 aliphatic rings. The molecule has 1 aromatic rings. The van der Waals surface area contributed by atoms with Gasteiger partial charge < -0.3 is 4.74 Å². The quantitative estimate of drug-likeness (QED) is 0.143. The topological polar surface area (TPSA) is 81.4 Å². The van der Waals surface area contributed by atoms with Crippen molar-refractivity contribution < 1.29 is 14.3 Å². The molecule has 0 aliphatic heterocycles. The Hall–Kier alpha value is -1.88. The van der Waals surface area contributed by atoms with Crippen molar-refractivity contribution in [2.75, 3.05) is 0 Å². The summed E-state index contributed by atoms with van der Waals surface area (Å²) < 4.78 is 5.86. The van der Waals surface area contributed by atoms with Crippen LogP contribution in [0.1, 0.15) is 106 Å². The average Bonchev–Trinajstić information content (AvgIpc) is 2.75. The molecule has 5 nitrogen and oxygen atoms in total. The second-order valence-corrected chi connectivity index (χ2v) is 11.9. The fourth-order valence-corrected chi connectivity index (χ4v) is 4.88. The normalized spacial score (nSPS) is 14.5. The SMILES string of the molecule is CCCCC(C)(C)CCCC(C)(C(=O)OCc1ccccc1)C(C)(C)CC(C)(C)C(=O)NN. The highest BCUT2D eigenvalue weighted by molar-refractivity contribution is 5.82. The maximum Gasteiger partial charge on any atom is 0.312 e. The third-order valence-corrected chi connectivity index (χ3v) is 7.52. The van der Waals surface area contributed by atoms with Crippen molar-refractivity contribution in [2.24, 2.45) is 27.5 Å². The Balaban J connectivity index is 3.09. The van der Waals surface area contributed by atoms with Gasteiger partial charge in [0.1, 0.15) is 6.61 Å². The van der Waals surface area contributed by atoms with E-state index < -0.39 is 16.2 Å². The van der Waals surface area contributed by atoms with Crippen LogP contribution < -0.4 is 11.3 Å². The molecule has 0 saturated carbocycles. The van der Waals surface area contributed by atoms with Gasteiger partial charge in [0.05, 0.1) is 5.41 Å². The number of esters is 1. The second kappa shape index (κ2) is 12.0. The Morgan fingerprint density at radius 2 is 1.48 bits per heavy atom. The van der Waals surface area contributed by atoms with Crippen molar-refractivity contribution in [3.8, 4) is 0 Å². The first-order valence-electron chi connectivity index (χ1n) is 12.4. The summed E-state index contributed by atoms with van der Waals surface area (Å²) in [6.45, 7) is 17.0. The van der Waals surface area contributed by atoms with Crippen LogP contribution in [0.25, 0.3) is 0 Å². The van der Waals surface area contributed by atoms with Gasteiger partial charge in [-0.05, 0) is 49.0 Å². The highest BCUT2D eigenvalue weighted by atomic mass is 16.5. The molecule has 1 unspecified atom stereocenters. The summed E-state index contributed by atoms with van der Waals surface area (Å²) in [4.78, 5) is 26.0. The Morgan fingerprint density at radius 3 is 2.03 bits per heavy atom. The van der Waals surface area contributed by atoms with Crippen LogP contribution in [0.15, 0.2) is 30.3 Å². The molecule has 0 saturated heterocycles. The maximum atomic E-state index is 13.6. The van der Waals surface area contributed by atoms with Gasteiger partial charge in [0.2, 0.25) is 5.91 Å². The van der Waals surface area contributed by atoms with Crippen LogP contribution in [-0.2, 0) is 20.9 Å². The lowest BCUT2D eigenvalue weighted by Crippen LogP contribution is -2.49. The molecule has 0 heterocycles. The molecule has 1 amide bonds. The van der Waals surface area contributed by atoms with Crippen LogP contribution in [0.5, 0.6) is 0 Å². The summed E-state index contributed by atoms with van der Waals surface area (Å²) in [6, 6.07) is 9.75. The average molecular weight is 461 g/mol. The zero-order valence-corrected chi connectivity index (χ0v) is 22.3. The van der Waals surface area contributed by atoms with Crippen molar-refractivity contribution in [3.63, 3.8) is 0 Å². The fraction of sp³-hybridized carbons (Fsp3) is 0.714. The van der Waals surface area contributed by atoms with Gasteiger partial charge in [0, 0.05) is 5.41 Å². The summed E-state index contributed by atoms with van der Waals surface area (Å²) in [5, 5.41) is 0. The van der Waals surface area contributed by atoms with Crippen LogP contribution in [0, 0.1) is 21.7 Å². The van der Waals surface area contributed by atoms with E-state index in [1.54, 1.807) is 0 Å². The summed E-state index contributed by atoms with van der Waals surface area (Å²) in [6.07, 6.45) is 6.81. The number of ether oxygens (including phenoxy) is 1. The Morgan fingerprint density at radius 1 is 0.909 bits per heavy atom. The third-order valence-electron chi connectivity index (χ3n) is 7.52. The minimum Gasteiger partial charge on any atom is -0.460 e. The van der Waals surface area contributed by atoms with E-state index in [-0.39, 0.29) is 23.9 Å². The number of nitrogens with one attached hydrogen (secondary N) is 1. The van der Waals surface area contributed by atoms with Gasteiger partial charge in [-0.25, -0.2) is 5.84 Å². The molecule has 0 spiro atoms. The van der Waals surface area contributed by atoms with Crippen molar-refractivity contribution in [1.82, 2.24) is 5.43 Å². The van der Waals surface area contributed by atoms with Gasteiger partial charge in [0.25, 0.3) is 0 Å². The van der Waals surface area contributed by atoms with Crippen LogP contribution in [0.2, 0.25) is 0 Å². The number of nitrogens with two attached hydrogens (primary N) is 1. The zero-order valence-electron chi connectivity index (χ0n) is 22.3. The van der Waals surface area contributed by atoms with Crippen LogP contribution in [0.4, 0.5) is 0 Å². The number of hydrogen-bond donors (Lipinski definition) is 2. The number of unbranched alkanes of at least 4 members (excludes halogenated alkanes) is 1. The lowest BCUT2D eigenvalue weighted by atomic mass is 9.58. The summed E-state index contributed by atoms with van der Waals surface area (Å²) in [5.41, 5.74) is 1.56. The predicted octanol–water partition coefficient (Wildman–Crippen LogP) is 6.56. The molecular weight excluding hydrogens is 412 g/mol. The van der Waals surface area contributed by atoms with Gasteiger partial charge in [-0.2, -0.15) is 0 Å². The highest BCUT2D eigenvalue weighted by Crippen LogP contribution is 2.51. The van der Waals surface area contributed by atoms with Crippen molar-refractivity contribution >= 4 is 11.9 Å². The van der Waals surface area contributed by atoms with Gasteiger partial charge in [-0.15, -0.1) is 0 Å². The van der Waals surface area contributed by atoms with E-state index in [1.807, 2.05) is 51.1 Å². The molecule has 5 heteroatoms. The van der Waals surface area contributed by atoms with Crippen LogP contribution in [0.3, 0.4) is 0 Å². The second-order valence-electron chi connectivity index (χ2n) is 11.9. The van der Waals surface area contributed by atoms with Gasteiger partial charge in [-0.3, -0.25) is 15.0 Å². The standard InChI is InChI=1S/C28H48N2O3/c1-9-10-17-25(2,3)18-14-19-28(8,24(32)33-20-22-15-12-11-13-16-22)27(6,7)21-26(4,5)23(31)30-29/h11-13,15-16H,9-10,14,17-21,29H2,1-8H3,(H,30,31). The molecule has 33 heavy (non-hydrogen) atoms. The first-order valence-corrected chi connectivity index (χ1v) is 12.4. The summed E-state index contributed by atoms with van der Waals surface area (Å²) in [7, 11) is 0. The van der Waals surface area contributed by atoms with E-state index in [4.69, 9.17) is 10.6 Å². The highest BCUT2D eigenvalue weighted by Gasteiger charge is 2.51. The smallest absolute Gasteiger partial charge is 0.312 e. The summed E-state index contributed by atoms with van der Waals surface area (Å²) in [5.74, 6) is 5.01. The maximum absolute atomic E-state index is 13.6. The number of amides is 1. The molecule has 1 atom stereocenters. The number of hydrazine groups is 1. The van der Waals surface area contributed by atoms with E-state index in [2.05, 4.69) is 40.0 Å². The molecule has 0 fully saturated rings. The minimum absolute atomic E-state index is 0.202. The molecule has 3 N–H and O–H groups in total. The van der Waals surface area contributed by atoms with Crippen molar-refractivity contribution in [2.45, 2.75) is 107 Å². The van der Waals surface area contributed by atoms with Gasteiger partial charge in [-0.1, -0.05) is 98.1 Å². The van der Waals surface area contributed by atoms with E-state index in [9.17, 15) is 9.59 Å². The minimum atomic E-state index is -0.741. The molecular formula is C28H48N2O3. The molecule has 0 bridgehead atoms. The molecule has 1 aromatic carbocycles. The molecule has 0 aromatic heterocycles. The first kappa shape index (κ1) is 29.2. The lowest BCUT2D eigenvalue weighted by Gasteiger charge is -2.46. The Bertz CT molecular complexity index is 756. The van der Waals surface area contributed by atoms with E-state index >= 15 is 0 Å². The number of benzene rings is 1. The van der Waals surface area contributed by atoms with E-state index in [0.29, 0.717) is 12.8 Å². The number of rotatable bonds is 14. The Labute approximate surface area is 202 Å². The largest absolute Gasteiger partial charge is 0.460 e. The van der Waals surface area contributed by atoms with E-state index in [1.165, 1.54) is 19.3 Å². The van der Waals surface area contributed by atoms with Crippen LogP contribution >= 0.6 is 0 Å². The lowest BCUT2D eigenvalue weighted by molar-refractivity contribution is -0.167. The predicted molar refractivity (Wildman–Crippen MR) is 136 cm³/mol. The fourth-order valence-electron chi connectivity index (χ4n) is 4.88. The molecule has 0 radical (unpaired) electrons. The number of hydrogen-bond acceptors (Lipinski definition) is 4. The van der Waals surface area contributed by atoms with Gasteiger partial charge in [0.15, 0.2) is 0 Å². The molecule has 1 rings (SSSR count). The Kier molecular flexibility index (Phi) is 10.6. The number of carbonyl (C=O) groups is 2. The molecule has 188 valence electrons. The van der Waals surface area contributed by atoms with Crippen molar-refractivity contribution in [3.05, 3.63) is 35.9 Å². The van der Waals surface area contributed by atoms with Gasteiger partial charge >= 0.3 is 5.97 Å².